The molecule has 176 valence electrons. The molecule has 0 spiro atoms. The predicted molar refractivity (Wildman–Crippen MR) is 136 cm³/mol. The van der Waals surface area contributed by atoms with E-state index in [0.29, 0.717) is 18.3 Å². The van der Waals surface area contributed by atoms with Crippen LogP contribution in [0.25, 0.3) is 17.0 Å². The molecule has 1 aliphatic rings. The number of carbonyl (C=O) groups excluding carboxylic acids is 1. The highest BCUT2D eigenvalue weighted by Gasteiger charge is 2.36. The second-order valence-corrected chi connectivity index (χ2v) is 9.09. The van der Waals surface area contributed by atoms with Crippen molar-refractivity contribution in [2.75, 3.05) is 0 Å². The van der Waals surface area contributed by atoms with Crippen LogP contribution in [0.15, 0.2) is 83.0 Å². The number of hydrogen-bond acceptors (Lipinski definition) is 4. The number of amides is 2. The van der Waals surface area contributed by atoms with E-state index in [1.165, 1.54) is 5.56 Å². The van der Waals surface area contributed by atoms with Crippen LogP contribution in [-0.4, -0.2) is 21.1 Å². The fourth-order valence-corrected chi connectivity index (χ4v) is 4.47. The van der Waals surface area contributed by atoms with Crippen molar-refractivity contribution in [3.05, 3.63) is 112 Å². The topological polar surface area (TPSA) is 71.3 Å². The van der Waals surface area contributed by atoms with Crippen molar-refractivity contribution >= 4 is 11.6 Å². The molecular formula is C29H28N4O2. The lowest BCUT2D eigenvalue weighted by atomic mass is 9.92. The van der Waals surface area contributed by atoms with Gasteiger partial charge in [-0.1, -0.05) is 83.5 Å². The van der Waals surface area contributed by atoms with E-state index in [2.05, 4.69) is 42.5 Å². The number of aryl methyl sites for hydroxylation is 3. The number of rotatable bonds is 5. The van der Waals surface area contributed by atoms with Crippen LogP contribution >= 0.6 is 0 Å². The third-order valence-corrected chi connectivity index (χ3v) is 6.57. The molecule has 0 saturated carbocycles. The normalized spacial score (nSPS) is 15.9. The Morgan fingerprint density at radius 2 is 1.71 bits per heavy atom. The van der Waals surface area contributed by atoms with E-state index < -0.39 is 6.04 Å². The average Bonchev–Trinajstić information content (AvgIpc) is 3.33. The second kappa shape index (κ2) is 9.22. The van der Waals surface area contributed by atoms with E-state index in [1.807, 2.05) is 68.4 Å². The largest absolute Gasteiger partial charge is 0.334 e. The lowest BCUT2D eigenvalue weighted by Gasteiger charge is -2.35. The van der Waals surface area contributed by atoms with Gasteiger partial charge in [-0.2, -0.15) is 4.98 Å². The summed E-state index contributed by atoms with van der Waals surface area (Å²) in [4.78, 5) is 19.8. The number of carbonyl (C=O) groups is 1. The van der Waals surface area contributed by atoms with Gasteiger partial charge >= 0.3 is 6.03 Å². The fraction of sp³-hybridized carbons (Fsp3) is 0.207. The summed E-state index contributed by atoms with van der Waals surface area (Å²) >= 11 is 0. The Hall–Kier alpha value is -4.19. The standard InChI is InChI=1S/C29H28N4O2/c1-18-9-8-10-22(15-18)17-33-21(4)25(28-31-27(32-35-28)23-11-6-5-7-12-23)26(30-29(33)34)24-14-13-19(2)20(3)16-24/h5-16,26H,17H2,1-4H3,(H,30,34). The minimum atomic E-state index is -0.403. The van der Waals surface area contributed by atoms with E-state index >= 15 is 0 Å². The minimum absolute atomic E-state index is 0.154. The second-order valence-electron chi connectivity index (χ2n) is 9.09. The fourth-order valence-electron chi connectivity index (χ4n) is 4.47. The molecule has 1 unspecified atom stereocenters. The Labute approximate surface area is 205 Å². The van der Waals surface area contributed by atoms with Gasteiger partial charge < -0.3 is 9.84 Å². The molecule has 0 bridgehead atoms. The molecule has 1 aromatic heterocycles. The van der Waals surface area contributed by atoms with Crippen LogP contribution in [0.4, 0.5) is 4.79 Å². The Morgan fingerprint density at radius 1 is 0.914 bits per heavy atom. The summed E-state index contributed by atoms with van der Waals surface area (Å²) < 4.78 is 5.79. The third-order valence-electron chi connectivity index (χ3n) is 6.57. The number of nitrogens with zero attached hydrogens (tertiary/aromatic N) is 3. The Bertz CT molecular complexity index is 1420. The number of hydrogen-bond donors (Lipinski definition) is 1. The van der Waals surface area contributed by atoms with Crippen LogP contribution in [0.5, 0.6) is 0 Å². The molecule has 1 aliphatic heterocycles. The van der Waals surface area contributed by atoms with Crippen molar-refractivity contribution < 1.29 is 9.32 Å². The molecule has 1 N–H and O–H groups in total. The van der Waals surface area contributed by atoms with Crippen LogP contribution in [0.1, 0.15) is 46.7 Å². The van der Waals surface area contributed by atoms with Crippen molar-refractivity contribution in [1.82, 2.24) is 20.4 Å². The lowest BCUT2D eigenvalue weighted by Crippen LogP contribution is -2.45. The van der Waals surface area contributed by atoms with Crippen LogP contribution in [-0.2, 0) is 6.54 Å². The van der Waals surface area contributed by atoms with Crippen molar-refractivity contribution in [2.24, 2.45) is 0 Å². The molecule has 2 amide bonds. The quantitative estimate of drug-likeness (QED) is 0.373. The van der Waals surface area contributed by atoms with E-state index in [4.69, 9.17) is 9.51 Å². The van der Waals surface area contributed by atoms with E-state index in [-0.39, 0.29) is 6.03 Å². The molecule has 0 saturated heterocycles. The Morgan fingerprint density at radius 3 is 2.46 bits per heavy atom. The summed E-state index contributed by atoms with van der Waals surface area (Å²) in [5.41, 5.74) is 8.01. The molecule has 0 radical (unpaired) electrons. The van der Waals surface area contributed by atoms with Crippen molar-refractivity contribution in [3.63, 3.8) is 0 Å². The molecular weight excluding hydrogens is 436 g/mol. The molecule has 6 nitrogen and oxygen atoms in total. The molecule has 0 fully saturated rings. The highest BCUT2D eigenvalue weighted by Crippen LogP contribution is 2.38. The summed E-state index contributed by atoms with van der Waals surface area (Å²) in [7, 11) is 0. The third kappa shape index (κ3) is 4.47. The zero-order chi connectivity index (χ0) is 24.5. The first kappa shape index (κ1) is 22.6. The summed E-state index contributed by atoms with van der Waals surface area (Å²) in [6, 6.07) is 23.6. The van der Waals surface area contributed by atoms with Crippen LogP contribution in [0, 0.1) is 20.8 Å². The van der Waals surface area contributed by atoms with Gasteiger partial charge in [-0.3, -0.25) is 4.90 Å². The lowest BCUT2D eigenvalue weighted by molar-refractivity contribution is 0.203. The maximum Gasteiger partial charge on any atom is 0.322 e. The summed E-state index contributed by atoms with van der Waals surface area (Å²) in [6.07, 6.45) is 0. The first-order valence-corrected chi connectivity index (χ1v) is 11.7. The Kier molecular flexibility index (Phi) is 5.95. The molecule has 2 heterocycles. The van der Waals surface area contributed by atoms with Gasteiger partial charge in [0.25, 0.3) is 5.89 Å². The highest BCUT2D eigenvalue weighted by atomic mass is 16.5. The minimum Gasteiger partial charge on any atom is -0.334 e. The average molecular weight is 465 g/mol. The van der Waals surface area contributed by atoms with Crippen LogP contribution < -0.4 is 5.32 Å². The maximum absolute atomic E-state index is 13.3. The molecule has 1 atom stereocenters. The van der Waals surface area contributed by atoms with Crippen LogP contribution in [0.2, 0.25) is 0 Å². The van der Waals surface area contributed by atoms with Crippen molar-refractivity contribution in [3.8, 4) is 11.4 Å². The molecule has 5 rings (SSSR count). The number of allylic oxidation sites excluding steroid dienone is 1. The molecule has 0 aliphatic carbocycles. The van der Waals surface area contributed by atoms with E-state index in [9.17, 15) is 4.79 Å². The van der Waals surface area contributed by atoms with Crippen molar-refractivity contribution in [2.45, 2.75) is 40.3 Å². The van der Waals surface area contributed by atoms with E-state index in [0.717, 1.165) is 39.1 Å². The Balaban J connectivity index is 1.61. The van der Waals surface area contributed by atoms with Gasteiger partial charge in [-0.15, -0.1) is 0 Å². The first-order valence-electron chi connectivity index (χ1n) is 11.7. The van der Waals surface area contributed by atoms with E-state index in [1.54, 1.807) is 4.90 Å². The van der Waals surface area contributed by atoms with Gasteiger partial charge in [0.1, 0.15) is 0 Å². The zero-order valence-corrected chi connectivity index (χ0v) is 20.4. The zero-order valence-electron chi connectivity index (χ0n) is 20.4. The first-order chi connectivity index (χ1) is 16.9. The maximum atomic E-state index is 13.3. The highest BCUT2D eigenvalue weighted by molar-refractivity contribution is 5.87. The molecule has 3 aromatic carbocycles. The van der Waals surface area contributed by atoms with Crippen molar-refractivity contribution in [1.29, 1.82) is 0 Å². The number of aromatic nitrogens is 2. The number of benzene rings is 3. The summed E-state index contributed by atoms with van der Waals surface area (Å²) in [5, 5.41) is 7.44. The molecule has 4 aromatic rings. The summed E-state index contributed by atoms with van der Waals surface area (Å²) in [5.74, 6) is 0.917. The monoisotopic (exact) mass is 464 g/mol. The predicted octanol–water partition coefficient (Wildman–Crippen LogP) is 6.36. The van der Waals surface area contributed by atoms with Crippen LogP contribution in [0.3, 0.4) is 0 Å². The van der Waals surface area contributed by atoms with Gasteiger partial charge in [0.05, 0.1) is 18.2 Å². The van der Waals surface area contributed by atoms with Gasteiger partial charge in [0, 0.05) is 11.3 Å². The SMILES string of the molecule is CC1=C(c2nc(-c3ccccc3)no2)C(c2ccc(C)c(C)c2)NC(=O)N1Cc1cccc(C)c1. The van der Waals surface area contributed by atoms with Gasteiger partial charge in [0.15, 0.2) is 0 Å². The molecule has 35 heavy (non-hydrogen) atoms. The smallest absolute Gasteiger partial charge is 0.322 e. The van der Waals surface area contributed by atoms with Gasteiger partial charge in [-0.25, -0.2) is 4.79 Å². The summed E-state index contributed by atoms with van der Waals surface area (Å²) in [6.45, 7) is 8.60. The number of nitrogens with one attached hydrogen (secondary N) is 1. The molecule has 6 heteroatoms. The van der Waals surface area contributed by atoms with Gasteiger partial charge in [0.2, 0.25) is 5.82 Å². The van der Waals surface area contributed by atoms with Gasteiger partial charge in [-0.05, 0) is 49.9 Å². The number of urea groups is 1.